The van der Waals surface area contributed by atoms with Crippen LogP contribution in [0, 0.1) is 0 Å². The first kappa shape index (κ1) is 13.4. The number of ketones is 1. The summed E-state index contributed by atoms with van der Waals surface area (Å²) in [5.74, 6) is -0.319. The van der Waals surface area contributed by atoms with Crippen molar-refractivity contribution in [3.8, 4) is 0 Å². The zero-order valence-corrected chi connectivity index (χ0v) is 9.14. The monoisotopic (exact) mass is 261 g/mol. The first-order valence-electron chi connectivity index (χ1n) is 4.35. The van der Waals surface area contributed by atoms with E-state index < -0.39 is 21.9 Å². The Bertz CT molecular complexity index is 378. The van der Waals surface area contributed by atoms with Gasteiger partial charge in [-0.25, -0.2) is 4.18 Å². The van der Waals surface area contributed by atoms with Gasteiger partial charge in [-0.3, -0.25) is 9.69 Å². The third kappa shape index (κ3) is 2.92. The van der Waals surface area contributed by atoms with Crippen LogP contribution in [0.3, 0.4) is 0 Å². The Morgan fingerprint density at radius 2 is 2.00 bits per heavy atom. The van der Waals surface area contributed by atoms with Crippen LogP contribution >= 0.6 is 0 Å². The normalized spacial score (nSPS) is 24.8. The molecule has 0 spiro atoms. The zero-order chi connectivity index (χ0) is 12.6. The molecule has 0 N–H and O–H groups in total. The van der Waals surface area contributed by atoms with Crippen LogP contribution in [0.1, 0.15) is 12.8 Å². The summed E-state index contributed by atoms with van der Waals surface area (Å²) < 4.78 is 61.3. The number of hydrogen-bond acceptors (Lipinski definition) is 5. The van der Waals surface area contributed by atoms with Crippen molar-refractivity contribution in [2.45, 2.75) is 24.6 Å². The van der Waals surface area contributed by atoms with Crippen molar-refractivity contribution in [1.29, 1.82) is 0 Å². The van der Waals surface area contributed by atoms with E-state index in [9.17, 15) is 26.4 Å². The van der Waals surface area contributed by atoms with Gasteiger partial charge in [0, 0.05) is 19.4 Å². The van der Waals surface area contributed by atoms with Crippen molar-refractivity contribution in [3.63, 3.8) is 0 Å². The Hall–Kier alpha value is -0.670. The van der Waals surface area contributed by atoms with Crippen molar-refractivity contribution in [2.24, 2.45) is 0 Å². The van der Waals surface area contributed by atoms with E-state index in [4.69, 9.17) is 0 Å². The highest BCUT2D eigenvalue weighted by Crippen LogP contribution is 2.27. The second-order valence-electron chi connectivity index (χ2n) is 3.42. The minimum Gasteiger partial charge on any atom is -0.299 e. The average molecular weight is 261 g/mol. The molecular formula is C7H10F3NO4S. The molecule has 1 rings (SSSR count). The number of carbonyl (C=O) groups is 1. The number of alkyl halides is 3. The van der Waals surface area contributed by atoms with E-state index in [2.05, 4.69) is 4.18 Å². The standard InChI is InChI=1S/C7H10F3NO4S/c1-11-3-2-5(12)4-6(11)15-16(13,14)7(8,9)10/h6H,2-4H2,1H3. The fourth-order valence-corrected chi connectivity index (χ4v) is 1.82. The highest BCUT2D eigenvalue weighted by molar-refractivity contribution is 7.87. The smallest absolute Gasteiger partial charge is 0.299 e. The molecule has 0 radical (unpaired) electrons. The fraction of sp³-hybridized carbons (Fsp3) is 0.857. The molecule has 5 nitrogen and oxygen atoms in total. The number of likely N-dealkylation sites (tertiary alicyclic amines) is 1. The lowest BCUT2D eigenvalue weighted by atomic mass is 10.1. The van der Waals surface area contributed by atoms with E-state index in [1.54, 1.807) is 0 Å². The van der Waals surface area contributed by atoms with Gasteiger partial charge in [0.05, 0.1) is 0 Å². The van der Waals surface area contributed by atoms with Crippen LogP contribution in [-0.4, -0.2) is 44.4 Å². The maximum absolute atomic E-state index is 12.0. The van der Waals surface area contributed by atoms with Gasteiger partial charge in [-0.2, -0.15) is 21.6 Å². The van der Waals surface area contributed by atoms with Gasteiger partial charge >= 0.3 is 15.6 Å². The van der Waals surface area contributed by atoms with E-state index in [0.29, 0.717) is 0 Å². The summed E-state index contributed by atoms with van der Waals surface area (Å²) in [6.07, 6.45) is -1.54. The van der Waals surface area contributed by atoms with Gasteiger partial charge in [-0.1, -0.05) is 0 Å². The molecule has 0 bridgehead atoms. The molecule has 0 aromatic heterocycles. The van der Waals surface area contributed by atoms with Gasteiger partial charge in [-0.15, -0.1) is 0 Å². The topological polar surface area (TPSA) is 63.7 Å². The van der Waals surface area contributed by atoms with Crippen molar-refractivity contribution >= 4 is 15.9 Å². The minimum absolute atomic E-state index is 0.177. The molecule has 1 heterocycles. The Kier molecular flexibility index (Phi) is 3.60. The largest absolute Gasteiger partial charge is 0.523 e. The molecule has 94 valence electrons. The van der Waals surface area contributed by atoms with Crippen LogP contribution in [0.15, 0.2) is 0 Å². The van der Waals surface area contributed by atoms with Gasteiger partial charge in [0.25, 0.3) is 0 Å². The third-order valence-electron chi connectivity index (χ3n) is 2.16. The summed E-state index contributed by atoms with van der Waals surface area (Å²) in [5, 5.41) is 0. The molecular weight excluding hydrogens is 251 g/mol. The van der Waals surface area contributed by atoms with Crippen molar-refractivity contribution < 1.29 is 30.6 Å². The molecule has 16 heavy (non-hydrogen) atoms. The minimum atomic E-state index is -5.65. The lowest BCUT2D eigenvalue weighted by molar-refractivity contribution is -0.128. The summed E-state index contributed by atoms with van der Waals surface area (Å²) in [6, 6.07) is 0. The van der Waals surface area contributed by atoms with E-state index in [1.165, 1.54) is 11.9 Å². The Balaban J connectivity index is 2.77. The van der Waals surface area contributed by atoms with Crippen LogP contribution < -0.4 is 0 Å². The van der Waals surface area contributed by atoms with Gasteiger partial charge < -0.3 is 0 Å². The molecule has 1 fully saturated rings. The second kappa shape index (κ2) is 4.30. The number of nitrogens with zero attached hydrogens (tertiary/aromatic N) is 1. The molecule has 0 aromatic carbocycles. The SMILES string of the molecule is CN1CCC(=O)CC1OS(=O)(=O)C(F)(F)F. The van der Waals surface area contributed by atoms with E-state index in [1.807, 2.05) is 0 Å². The maximum Gasteiger partial charge on any atom is 0.523 e. The first-order chi connectivity index (χ1) is 7.13. The number of hydrogen-bond donors (Lipinski definition) is 0. The predicted octanol–water partition coefficient (Wildman–Crippen LogP) is 0.473. The lowest BCUT2D eigenvalue weighted by Gasteiger charge is -2.30. The molecule has 0 aliphatic carbocycles. The van der Waals surface area contributed by atoms with Gasteiger partial charge in [-0.05, 0) is 7.05 Å². The Morgan fingerprint density at radius 1 is 1.44 bits per heavy atom. The summed E-state index contributed by atoms with van der Waals surface area (Å²) in [7, 11) is -4.26. The van der Waals surface area contributed by atoms with Crippen molar-refractivity contribution in [2.75, 3.05) is 13.6 Å². The number of piperidine rings is 1. The molecule has 1 aliphatic rings. The molecule has 0 amide bonds. The van der Waals surface area contributed by atoms with E-state index in [-0.39, 0.29) is 25.2 Å². The van der Waals surface area contributed by atoms with Crippen molar-refractivity contribution in [3.05, 3.63) is 0 Å². The molecule has 9 heteroatoms. The van der Waals surface area contributed by atoms with Gasteiger partial charge in [0.2, 0.25) is 0 Å². The van der Waals surface area contributed by atoms with Crippen LogP contribution in [0.2, 0.25) is 0 Å². The van der Waals surface area contributed by atoms with Crippen LogP contribution in [-0.2, 0) is 19.1 Å². The molecule has 1 saturated heterocycles. The highest BCUT2D eigenvalue weighted by Gasteiger charge is 2.49. The van der Waals surface area contributed by atoms with Crippen LogP contribution in [0.4, 0.5) is 13.2 Å². The Labute approximate surface area is 90.3 Å². The van der Waals surface area contributed by atoms with Crippen molar-refractivity contribution in [1.82, 2.24) is 4.90 Å². The third-order valence-corrected chi connectivity index (χ3v) is 3.20. The van der Waals surface area contributed by atoms with Gasteiger partial charge in [0.1, 0.15) is 12.0 Å². The Morgan fingerprint density at radius 3 is 2.50 bits per heavy atom. The molecule has 1 aliphatic heterocycles. The number of rotatable bonds is 2. The number of carbonyl (C=O) groups excluding carboxylic acids is 1. The highest BCUT2D eigenvalue weighted by atomic mass is 32.2. The fourth-order valence-electron chi connectivity index (χ4n) is 1.21. The molecule has 0 saturated carbocycles. The summed E-state index contributed by atoms with van der Waals surface area (Å²) in [5.41, 5.74) is -5.46. The maximum atomic E-state index is 12.0. The average Bonchev–Trinajstić information content (AvgIpc) is 2.09. The van der Waals surface area contributed by atoms with Crippen LogP contribution in [0.25, 0.3) is 0 Å². The molecule has 0 aromatic rings. The quantitative estimate of drug-likeness (QED) is 0.534. The second-order valence-corrected chi connectivity index (χ2v) is 4.99. The molecule has 1 atom stereocenters. The zero-order valence-electron chi connectivity index (χ0n) is 8.32. The number of halogens is 3. The molecule has 1 unspecified atom stereocenters. The summed E-state index contributed by atoms with van der Waals surface area (Å²) in [4.78, 5) is 12.2. The lowest BCUT2D eigenvalue weighted by Crippen LogP contribution is -2.44. The predicted molar refractivity (Wildman–Crippen MR) is 46.7 cm³/mol. The van der Waals surface area contributed by atoms with E-state index >= 15 is 0 Å². The number of Topliss-reactive ketones (excluding diaryl/α,β-unsaturated/α-hetero) is 1. The summed E-state index contributed by atoms with van der Waals surface area (Å²) in [6.45, 7) is 0.177. The van der Waals surface area contributed by atoms with Crippen LogP contribution in [0.5, 0.6) is 0 Å². The van der Waals surface area contributed by atoms with E-state index in [0.717, 1.165) is 0 Å². The summed E-state index contributed by atoms with van der Waals surface area (Å²) >= 11 is 0. The first-order valence-corrected chi connectivity index (χ1v) is 5.76. The van der Waals surface area contributed by atoms with Gasteiger partial charge in [0.15, 0.2) is 0 Å².